The SMILES string of the molecule is CC(C)(C)c1ccc(N2B3c4cc5c(-c6ccccc6)oc(-c6ccccc6)c5cc4N(c4ccc(C(C)(C)C)cc4-c4ccccc4)c4c3c(cc3c4oc4ccccc43)-c3cc4c(cc32)sc2cc3c(cc24)C(C)(C)CCC3(C)C)cc1. The van der Waals surface area contributed by atoms with E-state index >= 15 is 0 Å². The number of fused-ring (bicyclic) bond motifs is 13. The molecule has 3 aromatic heterocycles. The van der Waals surface area contributed by atoms with Crippen molar-refractivity contribution in [3.8, 4) is 44.9 Å². The fourth-order valence-corrected chi connectivity index (χ4v) is 15.6. The maximum Gasteiger partial charge on any atom is 0.333 e. The van der Waals surface area contributed by atoms with Gasteiger partial charge in [-0.2, -0.15) is 0 Å². The van der Waals surface area contributed by atoms with E-state index in [-0.39, 0.29) is 28.5 Å². The molecule has 0 bridgehead atoms. The third kappa shape index (κ3) is 7.65. The van der Waals surface area contributed by atoms with Crippen molar-refractivity contribution >= 4 is 110 Å². The van der Waals surface area contributed by atoms with E-state index < -0.39 is 0 Å². The molecule has 5 heterocycles. The van der Waals surface area contributed by atoms with Crippen LogP contribution < -0.4 is 20.6 Å². The van der Waals surface area contributed by atoms with Crippen molar-refractivity contribution in [2.24, 2.45) is 0 Å². The first-order chi connectivity index (χ1) is 40.4. The van der Waals surface area contributed by atoms with Crippen molar-refractivity contribution < 1.29 is 8.83 Å². The molecule has 0 unspecified atom stereocenters. The average Bonchev–Trinajstić information content (AvgIpc) is 1.34. The lowest BCUT2D eigenvalue weighted by Crippen LogP contribution is -2.61. The Bertz CT molecular complexity index is 4860. The molecule has 4 nitrogen and oxygen atoms in total. The van der Waals surface area contributed by atoms with Crippen LogP contribution in [-0.2, 0) is 21.7 Å². The molecule has 0 spiro atoms. The predicted octanol–water partition coefficient (Wildman–Crippen LogP) is 21.4. The van der Waals surface area contributed by atoms with E-state index in [1.54, 1.807) is 0 Å². The van der Waals surface area contributed by atoms with E-state index in [0.717, 1.165) is 89.2 Å². The van der Waals surface area contributed by atoms with Crippen LogP contribution in [0.5, 0.6) is 0 Å². The maximum absolute atomic E-state index is 7.47. The molecule has 0 radical (unpaired) electrons. The molecule has 410 valence electrons. The van der Waals surface area contributed by atoms with Crippen molar-refractivity contribution in [2.75, 3.05) is 9.71 Å². The highest BCUT2D eigenvalue weighted by molar-refractivity contribution is 7.26. The van der Waals surface area contributed by atoms with E-state index in [2.05, 4.69) is 279 Å². The summed E-state index contributed by atoms with van der Waals surface area (Å²) in [5, 5.41) is 6.98. The van der Waals surface area contributed by atoms with E-state index in [0.29, 0.717) is 0 Å². The van der Waals surface area contributed by atoms with Gasteiger partial charge in [0.25, 0.3) is 0 Å². The third-order valence-corrected chi connectivity index (χ3v) is 20.3. The second-order valence-corrected chi connectivity index (χ2v) is 28.6. The van der Waals surface area contributed by atoms with Crippen LogP contribution in [0.25, 0.3) is 97.8 Å². The lowest BCUT2D eigenvalue weighted by atomic mass is 9.43. The Morgan fingerprint density at radius 3 is 1.65 bits per heavy atom. The van der Waals surface area contributed by atoms with Gasteiger partial charge in [-0.05, 0) is 146 Å². The monoisotopic (exact) mass is 1110 g/mol. The number of para-hydroxylation sites is 1. The highest BCUT2D eigenvalue weighted by atomic mass is 32.1. The normalized spacial score (nSPS) is 15.3. The molecule has 0 saturated heterocycles. The number of anilines is 5. The largest absolute Gasteiger partial charge is 0.455 e. The van der Waals surface area contributed by atoms with Crippen LogP contribution in [0.1, 0.15) is 104 Å². The summed E-state index contributed by atoms with van der Waals surface area (Å²) < 4.78 is 17.5. The van der Waals surface area contributed by atoms with Crippen molar-refractivity contribution in [1.82, 2.24) is 0 Å². The second kappa shape index (κ2) is 18.0. The number of benzene rings is 10. The molecule has 16 rings (SSSR count). The van der Waals surface area contributed by atoms with Gasteiger partial charge in [0.15, 0.2) is 5.58 Å². The van der Waals surface area contributed by atoms with E-state index in [9.17, 15) is 0 Å². The molecule has 2 aliphatic heterocycles. The Labute approximate surface area is 497 Å². The van der Waals surface area contributed by atoms with Gasteiger partial charge in [-0.15, -0.1) is 11.3 Å². The summed E-state index contributed by atoms with van der Waals surface area (Å²) in [6.45, 7) is 23.4. The van der Waals surface area contributed by atoms with Crippen molar-refractivity contribution in [3.63, 3.8) is 0 Å². The van der Waals surface area contributed by atoms with Gasteiger partial charge in [0.1, 0.15) is 17.1 Å². The van der Waals surface area contributed by atoms with Crippen LogP contribution in [-0.4, -0.2) is 6.85 Å². The van der Waals surface area contributed by atoms with Crippen LogP contribution in [0.2, 0.25) is 0 Å². The molecule has 13 aromatic rings. The zero-order valence-corrected chi connectivity index (χ0v) is 50.5. The minimum atomic E-state index is -0.315. The van der Waals surface area contributed by atoms with Gasteiger partial charge in [-0.1, -0.05) is 203 Å². The topological polar surface area (TPSA) is 32.8 Å². The van der Waals surface area contributed by atoms with E-state index in [1.165, 1.54) is 83.0 Å². The Balaban J connectivity index is 1.10. The summed E-state index contributed by atoms with van der Waals surface area (Å²) in [5.41, 5.74) is 22.1. The van der Waals surface area contributed by atoms with Crippen LogP contribution in [0, 0.1) is 0 Å². The lowest BCUT2D eigenvalue weighted by molar-refractivity contribution is 0.332. The summed E-state index contributed by atoms with van der Waals surface area (Å²) in [6.07, 6.45) is 2.34. The predicted molar refractivity (Wildman–Crippen MR) is 359 cm³/mol. The molecule has 0 N–H and O–H groups in total. The molecule has 0 atom stereocenters. The fourth-order valence-electron chi connectivity index (χ4n) is 14.5. The number of furan rings is 2. The van der Waals surface area contributed by atoms with Crippen LogP contribution >= 0.6 is 11.3 Å². The van der Waals surface area contributed by atoms with Crippen LogP contribution in [0.15, 0.2) is 209 Å². The standard InChI is InChI=1S/C78H67BN2O2S/c1-75(2,3)49-30-33-51(34-31-49)81-65-45-69-55(56-41-61-62(44-68(56)84-69)78(9,10)37-36-77(61,7)8)39-54(65)57-40-58-52-28-20-21-29-67(52)82-74(58)71-70(57)79(81)63-42-59-60(73(48-26-18-13-19-27-48)83-72(59)47-24-16-12-17-25-47)43-66(63)80(71)64-35-32-50(76(4,5)6)38-53(64)46-22-14-11-15-23-46/h11-35,38-45H,36-37H2,1-10H3. The van der Waals surface area contributed by atoms with Crippen molar-refractivity contribution in [1.29, 1.82) is 0 Å². The first-order valence-corrected chi connectivity index (χ1v) is 30.9. The summed E-state index contributed by atoms with van der Waals surface area (Å²) in [6, 6.07) is 75.4. The fraction of sp³-hybridized carbons (Fsp3) is 0.205. The van der Waals surface area contributed by atoms with Gasteiger partial charge < -0.3 is 18.5 Å². The molecule has 0 saturated carbocycles. The van der Waals surface area contributed by atoms with Crippen LogP contribution in [0.3, 0.4) is 0 Å². The van der Waals surface area contributed by atoms with Crippen LogP contribution in [0.4, 0.5) is 28.4 Å². The first-order valence-electron chi connectivity index (χ1n) is 30.0. The Morgan fingerprint density at radius 2 is 1.00 bits per heavy atom. The van der Waals surface area contributed by atoms with Gasteiger partial charge in [-0.3, -0.25) is 0 Å². The van der Waals surface area contributed by atoms with Gasteiger partial charge in [0.2, 0.25) is 0 Å². The summed E-state index contributed by atoms with van der Waals surface area (Å²) in [5.74, 6) is 1.70. The maximum atomic E-state index is 7.47. The molecule has 3 aliphatic rings. The van der Waals surface area contributed by atoms with E-state index in [1.807, 2.05) is 11.3 Å². The number of rotatable bonds is 5. The van der Waals surface area contributed by atoms with Crippen molar-refractivity contribution in [2.45, 2.75) is 104 Å². The molecule has 84 heavy (non-hydrogen) atoms. The second-order valence-electron chi connectivity index (χ2n) is 27.5. The minimum Gasteiger partial charge on any atom is -0.455 e. The average molecular weight is 1110 g/mol. The Hall–Kier alpha value is -8.58. The lowest BCUT2D eigenvalue weighted by Gasteiger charge is -2.46. The third-order valence-electron chi connectivity index (χ3n) is 19.2. The smallest absolute Gasteiger partial charge is 0.333 e. The summed E-state index contributed by atoms with van der Waals surface area (Å²) >= 11 is 1.95. The molecular weight excluding hydrogens is 1040 g/mol. The number of hydrogen-bond acceptors (Lipinski definition) is 5. The molecule has 1 aliphatic carbocycles. The highest BCUT2D eigenvalue weighted by Gasteiger charge is 2.48. The zero-order chi connectivity index (χ0) is 57.3. The van der Waals surface area contributed by atoms with Gasteiger partial charge >= 0.3 is 6.85 Å². The number of nitrogens with zero attached hydrogens (tertiary/aromatic N) is 2. The minimum absolute atomic E-state index is 0.0370. The Morgan fingerprint density at radius 1 is 0.440 bits per heavy atom. The zero-order valence-electron chi connectivity index (χ0n) is 49.7. The summed E-state index contributed by atoms with van der Waals surface area (Å²) in [4.78, 5) is 5.28. The van der Waals surface area contributed by atoms with Gasteiger partial charge in [-0.25, -0.2) is 0 Å². The van der Waals surface area contributed by atoms with Gasteiger partial charge in [0, 0.05) is 81.0 Å². The molecule has 10 aromatic carbocycles. The Kier molecular flexibility index (Phi) is 10.9. The number of thiophene rings is 1. The van der Waals surface area contributed by atoms with E-state index in [4.69, 9.17) is 8.83 Å². The molecule has 6 heteroatoms. The summed E-state index contributed by atoms with van der Waals surface area (Å²) in [7, 11) is 0. The number of hydrogen-bond donors (Lipinski definition) is 0. The molecular formula is C78H67BN2O2S. The molecule has 0 fully saturated rings. The highest BCUT2D eigenvalue weighted by Crippen LogP contribution is 2.56. The quantitative estimate of drug-likeness (QED) is 0.161. The van der Waals surface area contributed by atoms with Crippen molar-refractivity contribution in [3.05, 3.63) is 222 Å². The first kappa shape index (κ1) is 51.1. The van der Waals surface area contributed by atoms with Gasteiger partial charge in [0.05, 0.1) is 11.4 Å². The molecule has 0 amide bonds.